The number of hydrogen-bond acceptors (Lipinski definition) is 2. The molecule has 1 fully saturated rings. The quantitative estimate of drug-likeness (QED) is 0.721. The first-order chi connectivity index (χ1) is 7.36. The van der Waals surface area contributed by atoms with Gasteiger partial charge in [0.25, 0.3) is 0 Å². The van der Waals surface area contributed by atoms with Crippen LogP contribution in [0.15, 0.2) is 12.2 Å². The smallest absolute Gasteiger partial charge is 0.0469 e. The Bertz CT molecular complexity index is 209. The Kier molecular flexibility index (Phi) is 4.21. The van der Waals surface area contributed by atoms with Crippen molar-refractivity contribution in [2.24, 2.45) is 5.92 Å². The van der Waals surface area contributed by atoms with Crippen LogP contribution in [-0.4, -0.2) is 25.3 Å². The van der Waals surface area contributed by atoms with Crippen LogP contribution >= 0.6 is 0 Å². The molecule has 0 aromatic heterocycles. The molecule has 0 aromatic rings. The molecule has 15 heavy (non-hydrogen) atoms. The minimum Gasteiger partial charge on any atom is -0.381 e. The van der Waals surface area contributed by atoms with E-state index in [1.54, 1.807) is 0 Å². The fourth-order valence-electron chi connectivity index (χ4n) is 2.67. The van der Waals surface area contributed by atoms with E-state index in [0.717, 1.165) is 19.1 Å². The minimum atomic E-state index is 0.658. The molecule has 1 aliphatic carbocycles. The van der Waals surface area contributed by atoms with E-state index in [2.05, 4.69) is 24.4 Å². The van der Waals surface area contributed by atoms with Crippen LogP contribution in [-0.2, 0) is 4.74 Å². The third-order valence-corrected chi connectivity index (χ3v) is 3.74. The van der Waals surface area contributed by atoms with Crippen LogP contribution < -0.4 is 5.32 Å². The summed E-state index contributed by atoms with van der Waals surface area (Å²) < 4.78 is 5.40. The zero-order valence-electron chi connectivity index (χ0n) is 9.74. The monoisotopic (exact) mass is 209 g/mol. The van der Waals surface area contributed by atoms with Gasteiger partial charge in [-0.3, -0.25) is 0 Å². The number of hydrogen-bond donors (Lipinski definition) is 1. The second kappa shape index (κ2) is 5.66. The van der Waals surface area contributed by atoms with E-state index in [1.165, 1.54) is 32.1 Å². The second-order valence-corrected chi connectivity index (χ2v) is 4.89. The van der Waals surface area contributed by atoms with E-state index in [0.29, 0.717) is 12.1 Å². The number of allylic oxidation sites excluding steroid dienone is 1. The van der Waals surface area contributed by atoms with Crippen molar-refractivity contribution in [3.05, 3.63) is 12.2 Å². The summed E-state index contributed by atoms with van der Waals surface area (Å²) >= 11 is 0. The summed E-state index contributed by atoms with van der Waals surface area (Å²) in [4.78, 5) is 0. The highest BCUT2D eigenvalue weighted by Crippen LogP contribution is 2.20. The Balaban J connectivity index is 1.74. The van der Waals surface area contributed by atoms with Crippen molar-refractivity contribution in [3.8, 4) is 0 Å². The Morgan fingerprint density at radius 3 is 2.67 bits per heavy atom. The first-order valence-corrected chi connectivity index (χ1v) is 6.35. The molecule has 2 aliphatic rings. The Labute approximate surface area is 93.1 Å². The normalized spacial score (nSPS) is 30.3. The Morgan fingerprint density at radius 1 is 1.20 bits per heavy atom. The van der Waals surface area contributed by atoms with E-state index < -0.39 is 0 Å². The number of rotatable bonds is 3. The van der Waals surface area contributed by atoms with Crippen LogP contribution in [0.5, 0.6) is 0 Å². The molecule has 1 N–H and O–H groups in total. The lowest BCUT2D eigenvalue weighted by molar-refractivity contribution is 0.0542. The van der Waals surface area contributed by atoms with Gasteiger partial charge in [-0.1, -0.05) is 12.2 Å². The first-order valence-electron chi connectivity index (χ1n) is 6.35. The largest absolute Gasteiger partial charge is 0.381 e. The van der Waals surface area contributed by atoms with Crippen LogP contribution in [0.25, 0.3) is 0 Å². The van der Waals surface area contributed by atoms with Crippen molar-refractivity contribution < 1.29 is 4.74 Å². The standard InChI is InChI=1S/C13H23NO/c1-11(12-7-9-15-10-8-12)14-13-5-3-2-4-6-13/h2-3,11-14H,4-10H2,1H3. The lowest BCUT2D eigenvalue weighted by atomic mass is 9.91. The van der Waals surface area contributed by atoms with Gasteiger partial charge in [-0.05, 0) is 44.9 Å². The average molecular weight is 209 g/mol. The molecule has 0 aromatic carbocycles. The summed E-state index contributed by atoms with van der Waals surface area (Å²) in [5.74, 6) is 0.824. The molecule has 2 unspecified atom stereocenters. The van der Waals surface area contributed by atoms with Crippen molar-refractivity contribution in [1.29, 1.82) is 0 Å². The van der Waals surface area contributed by atoms with Crippen LogP contribution in [0.1, 0.15) is 39.0 Å². The highest BCUT2D eigenvalue weighted by Gasteiger charge is 2.22. The van der Waals surface area contributed by atoms with Crippen molar-refractivity contribution in [1.82, 2.24) is 5.32 Å². The summed E-state index contributed by atoms with van der Waals surface area (Å²) in [7, 11) is 0. The van der Waals surface area contributed by atoms with Crippen molar-refractivity contribution in [2.45, 2.75) is 51.1 Å². The molecule has 2 atom stereocenters. The zero-order chi connectivity index (χ0) is 10.5. The molecule has 0 saturated carbocycles. The summed E-state index contributed by atoms with van der Waals surface area (Å²) in [5, 5.41) is 3.78. The van der Waals surface area contributed by atoms with Crippen LogP contribution in [0, 0.1) is 5.92 Å². The lowest BCUT2D eigenvalue weighted by Crippen LogP contribution is -2.43. The summed E-state index contributed by atoms with van der Waals surface area (Å²) in [6.45, 7) is 4.26. The van der Waals surface area contributed by atoms with Crippen LogP contribution in [0.2, 0.25) is 0 Å². The topological polar surface area (TPSA) is 21.3 Å². The maximum absolute atomic E-state index is 5.40. The molecule has 1 aliphatic heterocycles. The summed E-state index contributed by atoms with van der Waals surface area (Å²) in [5.41, 5.74) is 0. The van der Waals surface area contributed by atoms with Gasteiger partial charge >= 0.3 is 0 Å². The third kappa shape index (κ3) is 3.32. The maximum atomic E-state index is 5.40. The molecular formula is C13H23NO. The molecule has 2 rings (SSSR count). The number of ether oxygens (including phenoxy) is 1. The molecule has 86 valence electrons. The minimum absolute atomic E-state index is 0.658. The predicted molar refractivity (Wildman–Crippen MR) is 62.9 cm³/mol. The fourth-order valence-corrected chi connectivity index (χ4v) is 2.67. The van der Waals surface area contributed by atoms with Crippen molar-refractivity contribution in [2.75, 3.05) is 13.2 Å². The van der Waals surface area contributed by atoms with Gasteiger partial charge < -0.3 is 10.1 Å². The maximum Gasteiger partial charge on any atom is 0.0469 e. The SMILES string of the molecule is CC(NC1CC=CCC1)C1CCOCC1. The predicted octanol–water partition coefficient (Wildman–Crippen LogP) is 2.50. The summed E-state index contributed by atoms with van der Waals surface area (Å²) in [6.07, 6.45) is 10.9. The van der Waals surface area contributed by atoms with Gasteiger partial charge in [-0.25, -0.2) is 0 Å². The van der Waals surface area contributed by atoms with Gasteiger partial charge in [0.1, 0.15) is 0 Å². The van der Waals surface area contributed by atoms with Crippen LogP contribution in [0.3, 0.4) is 0 Å². The number of nitrogens with one attached hydrogen (secondary N) is 1. The Hall–Kier alpha value is -0.340. The van der Waals surface area contributed by atoms with E-state index >= 15 is 0 Å². The molecule has 2 nitrogen and oxygen atoms in total. The van der Waals surface area contributed by atoms with Gasteiger partial charge in [-0.15, -0.1) is 0 Å². The average Bonchev–Trinajstić information content (AvgIpc) is 2.31. The van der Waals surface area contributed by atoms with Gasteiger partial charge in [0.05, 0.1) is 0 Å². The fraction of sp³-hybridized carbons (Fsp3) is 0.846. The van der Waals surface area contributed by atoms with E-state index in [-0.39, 0.29) is 0 Å². The Morgan fingerprint density at radius 2 is 2.00 bits per heavy atom. The van der Waals surface area contributed by atoms with Gasteiger partial charge in [0.2, 0.25) is 0 Å². The van der Waals surface area contributed by atoms with E-state index in [9.17, 15) is 0 Å². The zero-order valence-corrected chi connectivity index (χ0v) is 9.74. The first kappa shape index (κ1) is 11.2. The molecule has 0 amide bonds. The molecule has 0 spiro atoms. The van der Waals surface area contributed by atoms with Crippen LogP contribution in [0.4, 0.5) is 0 Å². The van der Waals surface area contributed by atoms with Gasteiger partial charge in [0.15, 0.2) is 0 Å². The molecule has 2 heteroatoms. The molecular weight excluding hydrogens is 186 g/mol. The summed E-state index contributed by atoms with van der Waals surface area (Å²) in [6, 6.07) is 1.37. The van der Waals surface area contributed by atoms with Gasteiger partial charge in [-0.2, -0.15) is 0 Å². The lowest BCUT2D eigenvalue weighted by Gasteiger charge is -2.32. The molecule has 0 radical (unpaired) electrons. The van der Waals surface area contributed by atoms with Gasteiger partial charge in [0, 0.05) is 25.3 Å². The molecule has 1 heterocycles. The van der Waals surface area contributed by atoms with Crippen molar-refractivity contribution in [3.63, 3.8) is 0 Å². The highest BCUT2D eigenvalue weighted by atomic mass is 16.5. The van der Waals surface area contributed by atoms with E-state index in [1.807, 2.05) is 0 Å². The molecule has 1 saturated heterocycles. The second-order valence-electron chi connectivity index (χ2n) is 4.89. The molecule has 0 bridgehead atoms. The van der Waals surface area contributed by atoms with E-state index in [4.69, 9.17) is 4.74 Å². The third-order valence-electron chi connectivity index (χ3n) is 3.74. The van der Waals surface area contributed by atoms with Crippen molar-refractivity contribution >= 4 is 0 Å². The highest BCUT2D eigenvalue weighted by molar-refractivity contribution is 4.94.